The van der Waals surface area contributed by atoms with E-state index >= 15 is 0 Å². The zero-order valence-electron chi connectivity index (χ0n) is 6.24. The van der Waals surface area contributed by atoms with Gasteiger partial charge in [0, 0.05) is 5.71 Å². The van der Waals surface area contributed by atoms with Crippen LogP contribution in [0.5, 0.6) is 0 Å². The van der Waals surface area contributed by atoms with Crippen molar-refractivity contribution >= 4 is 17.1 Å². The number of nitrogens with one attached hydrogen (secondary N) is 1. The molecule has 0 aromatic rings. The SMILES string of the molecule is CC(OS(=O)O)C(=N)CCN. The van der Waals surface area contributed by atoms with Crippen molar-refractivity contribution < 1.29 is 12.9 Å². The molecule has 0 bridgehead atoms. The van der Waals surface area contributed by atoms with E-state index in [0.29, 0.717) is 13.0 Å². The lowest BCUT2D eigenvalue weighted by atomic mass is 10.2. The quantitative estimate of drug-likeness (QED) is 0.406. The van der Waals surface area contributed by atoms with Crippen molar-refractivity contribution in [1.82, 2.24) is 0 Å². The van der Waals surface area contributed by atoms with Crippen LogP contribution < -0.4 is 5.73 Å². The Morgan fingerprint density at radius 3 is 2.82 bits per heavy atom. The molecule has 0 aliphatic heterocycles. The maximum Gasteiger partial charge on any atom is 0.302 e. The third kappa shape index (κ3) is 5.02. The van der Waals surface area contributed by atoms with Gasteiger partial charge < -0.3 is 11.1 Å². The Balaban J connectivity index is 3.73. The molecule has 0 heterocycles. The van der Waals surface area contributed by atoms with Crippen LogP contribution in [0.4, 0.5) is 0 Å². The molecule has 0 amide bonds. The van der Waals surface area contributed by atoms with Gasteiger partial charge in [-0.15, -0.1) is 0 Å². The first-order chi connectivity index (χ1) is 5.07. The van der Waals surface area contributed by atoms with E-state index in [9.17, 15) is 4.21 Å². The highest BCUT2D eigenvalue weighted by atomic mass is 32.2. The van der Waals surface area contributed by atoms with Gasteiger partial charge >= 0.3 is 11.4 Å². The Morgan fingerprint density at radius 1 is 1.91 bits per heavy atom. The van der Waals surface area contributed by atoms with Crippen LogP contribution in [0, 0.1) is 5.41 Å². The van der Waals surface area contributed by atoms with E-state index in [1.807, 2.05) is 0 Å². The monoisotopic (exact) mass is 180 g/mol. The van der Waals surface area contributed by atoms with Crippen molar-refractivity contribution in [1.29, 1.82) is 5.41 Å². The third-order valence-corrected chi connectivity index (χ3v) is 1.58. The van der Waals surface area contributed by atoms with Crippen molar-refractivity contribution in [3.05, 3.63) is 0 Å². The normalized spacial score (nSPS) is 15.9. The highest BCUT2D eigenvalue weighted by Crippen LogP contribution is 1.97. The maximum absolute atomic E-state index is 10.1. The lowest BCUT2D eigenvalue weighted by molar-refractivity contribution is 0.278. The molecule has 0 aliphatic carbocycles. The fourth-order valence-corrected chi connectivity index (χ4v) is 0.903. The van der Waals surface area contributed by atoms with Gasteiger partial charge in [-0.05, 0) is 19.9 Å². The maximum atomic E-state index is 10.1. The number of rotatable bonds is 5. The highest BCUT2D eigenvalue weighted by molar-refractivity contribution is 7.74. The van der Waals surface area contributed by atoms with Gasteiger partial charge in [-0.3, -0.25) is 8.74 Å². The van der Waals surface area contributed by atoms with E-state index in [0.717, 1.165) is 0 Å². The molecule has 0 radical (unpaired) electrons. The minimum atomic E-state index is -2.30. The minimum absolute atomic E-state index is 0.231. The summed E-state index contributed by atoms with van der Waals surface area (Å²) >= 11 is -2.30. The second kappa shape index (κ2) is 5.36. The minimum Gasteiger partial charge on any atom is -0.330 e. The molecule has 11 heavy (non-hydrogen) atoms. The first-order valence-corrected chi connectivity index (χ1v) is 4.16. The summed E-state index contributed by atoms with van der Waals surface area (Å²) in [6.45, 7) is 1.89. The van der Waals surface area contributed by atoms with Crippen LogP contribution in [0.15, 0.2) is 0 Å². The van der Waals surface area contributed by atoms with Gasteiger partial charge in [0.2, 0.25) is 0 Å². The second-order valence-electron chi connectivity index (χ2n) is 2.02. The van der Waals surface area contributed by atoms with E-state index in [1.165, 1.54) is 6.92 Å². The standard InChI is InChI=1S/C5H12N2O3S/c1-4(10-11(8)9)5(7)2-3-6/h4,7H,2-3,6H2,1H3,(H,8,9). The molecule has 4 N–H and O–H groups in total. The molecular weight excluding hydrogens is 168 g/mol. The van der Waals surface area contributed by atoms with E-state index < -0.39 is 17.5 Å². The first-order valence-electron chi connectivity index (χ1n) is 3.13. The predicted octanol–water partition coefficient (Wildman–Crippen LogP) is -0.103. The fourth-order valence-electron chi connectivity index (χ4n) is 0.540. The number of hydrogen-bond donors (Lipinski definition) is 3. The van der Waals surface area contributed by atoms with Gasteiger partial charge in [0.15, 0.2) is 0 Å². The lowest BCUT2D eigenvalue weighted by Gasteiger charge is -2.09. The number of hydrogen-bond acceptors (Lipinski definition) is 4. The van der Waals surface area contributed by atoms with Gasteiger partial charge in [0.1, 0.15) is 6.10 Å². The predicted molar refractivity (Wildman–Crippen MR) is 42.7 cm³/mol. The number of nitrogens with two attached hydrogens (primary N) is 1. The molecule has 0 saturated carbocycles. The summed E-state index contributed by atoms with van der Waals surface area (Å²) in [4.78, 5) is 0. The van der Waals surface area contributed by atoms with Gasteiger partial charge in [-0.25, -0.2) is 0 Å². The average molecular weight is 180 g/mol. The topological polar surface area (TPSA) is 96.4 Å². The van der Waals surface area contributed by atoms with E-state index in [4.69, 9.17) is 15.7 Å². The molecular formula is C5H12N2O3S. The van der Waals surface area contributed by atoms with E-state index in [2.05, 4.69) is 4.18 Å². The Bertz CT molecular complexity index is 162. The fraction of sp³-hybridized carbons (Fsp3) is 0.800. The zero-order valence-corrected chi connectivity index (χ0v) is 7.06. The van der Waals surface area contributed by atoms with Crippen LogP contribution >= 0.6 is 0 Å². The molecule has 0 fully saturated rings. The molecule has 0 aromatic heterocycles. The second-order valence-corrected chi connectivity index (χ2v) is 2.65. The Kier molecular flexibility index (Phi) is 5.22. The summed E-state index contributed by atoms with van der Waals surface area (Å²) in [5.74, 6) is 0. The smallest absolute Gasteiger partial charge is 0.302 e. The van der Waals surface area contributed by atoms with Gasteiger partial charge in [-0.1, -0.05) is 0 Å². The summed E-state index contributed by atoms with van der Waals surface area (Å²) in [6, 6.07) is 0. The van der Waals surface area contributed by atoms with Crippen LogP contribution in [-0.4, -0.2) is 27.1 Å². The van der Waals surface area contributed by atoms with Gasteiger partial charge in [0.05, 0.1) is 0 Å². The molecule has 5 nitrogen and oxygen atoms in total. The highest BCUT2D eigenvalue weighted by Gasteiger charge is 2.10. The van der Waals surface area contributed by atoms with Crippen molar-refractivity contribution in [3.8, 4) is 0 Å². The van der Waals surface area contributed by atoms with Gasteiger partial charge in [-0.2, -0.15) is 4.21 Å². The molecule has 6 heteroatoms. The molecule has 2 atom stereocenters. The average Bonchev–Trinajstić information content (AvgIpc) is 1.86. The molecule has 2 unspecified atom stereocenters. The van der Waals surface area contributed by atoms with E-state index in [1.54, 1.807) is 0 Å². The molecule has 0 saturated heterocycles. The largest absolute Gasteiger partial charge is 0.330 e. The van der Waals surface area contributed by atoms with E-state index in [-0.39, 0.29) is 5.71 Å². The molecule has 0 rings (SSSR count). The van der Waals surface area contributed by atoms with Crippen molar-refractivity contribution in [3.63, 3.8) is 0 Å². The first kappa shape index (κ1) is 10.7. The Hall–Kier alpha value is -0.300. The van der Waals surface area contributed by atoms with Crippen molar-refractivity contribution in [2.24, 2.45) is 5.73 Å². The summed E-state index contributed by atoms with van der Waals surface area (Å²) in [5.41, 5.74) is 5.39. The van der Waals surface area contributed by atoms with Crippen LogP contribution in [0.3, 0.4) is 0 Å². The summed E-state index contributed by atoms with van der Waals surface area (Å²) < 4.78 is 22.8. The summed E-state index contributed by atoms with van der Waals surface area (Å²) in [6.07, 6.45) is -0.248. The van der Waals surface area contributed by atoms with Gasteiger partial charge in [0.25, 0.3) is 0 Å². The lowest BCUT2D eigenvalue weighted by Crippen LogP contribution is -2.23. The Labute approximate surface area is 67.9 Å². The molecule has 66 valence electrons. The Morgan fingerprint density at radius 2 is 2.45 bits per heavy atom. The van der Waals surface area contributed by atoms with Crippen LogP contribution in [0.1, 0.15) is 13.3 Å². The zero-order chi connectivity index (χ0) is 8.85. The summed E-state index contributed by atoms with van der Waals surface area (Å²) in [7, 11) is 0. The van der Waals surface area contributed by atoms with Crippen LogP contribution in [-0.2, 0) is 15.5 Å². The molecule has 0 aliphatic rings. The third-order valence-electron chi connectivity index (χ3n) is 1.13. The summed E-state index contributed by atoms with van der Waals surface area (Å²) in [5, 5.41) is 7.24. The van der Waals surface area contributed by atoms with Crippen LogP contribution in [0.2, 0.25) is 0 Å². The van der Waals surface area contributed by atoms with Crippen molar-refractivity contribution in [2.45, 2.75) is 19.4 Å². The van der Waals surface area contributed by atoms with Crippen LogP contribution in [0.25, 0.3) is 0 Å². The molecule has 0 aromatic carbocycles. The molecule has 0 spiro atoms. The van der Waals surface area contributed by atoms with Crippen molar-refractivity contribution in [2.75, 3.05) is 6.54 Å².